The van der Waals surface area contributed by atoms with Gasteiger partial charge >= 0.3 is 0 Å². The van der Waals surface area contributed by atoms with Crippen LogP contribution in [0.3, 0.4) is 0 Å². The second kappa shape index (κ2) is 10.8. The minimum atomic E-state index is -1.04. The van der Waals surface area contributed by atoms with Crippen molar-refractivity contribution in [1.29, 1.82) is 0 Å². The Hall–Kier alpha value is -0.900. The molecule has 0 aliphatic rings. The normalized spacial score (nSPS) is 15.6. The van der Waals surface area contributed by atoms with Crippen molar-refractivity contribution in [2.45, 2.75) is 72.4 Å². The van der Waals surface area contributed by atoms with Crippen molar-refractivity contribution in [1.82, 2.24) is 4.90 Å². The molecule has 0 radical (unpaired) electrons. The Labute approximate surface area is 126 Å². The van der Waals surface area contributed by atoms with E-state index < -0.39 is 5.60 Å². The summed E-state index contributed by atoms with van der Waals surface area (Å²) in [5, 5.41) is 11.0. The van der Waals surface area contributed by atoms with Crippen LogP contribution in [0.2, 0.25) is 0 Å². The highest BCUT2D eigenvalue weighted by Crippen LogP contribution is 2.21. The van der Waals surface area contributed by atoms with Gasteiger partial charge in [0.2, 0.25) is 0 Å². The zero-order valence-corrected chi connectivity index (χ0v) is 15.0. The SMILES string of the molecule is CC.CCCC(=NC(C)C)C(O)(CC)C(=NC)N(C)C. The van der Waals surface area contributed by atoms with Crippen molar-refractivity contribution in [3.8, 4) is 0 Å². The van der Waals surface area contributed by atoms with Gasteiger partial charge in [0.05, 0.1) is 5.71 Å². The molecule has 0 amide bonds. The summed E-state index contributed by atoms with van der Waals surface area (Å²) in [5.41, 5.74) is -0.199. The van der Waals surface area contributed by atoms with E-state index in [1.807, 2.05) is 53.6 Å². The van der Waals surface area contributed by atoms with E-state index in [2.05, 4.69) is 16.9 Å². The fraction of sp³-hybridized carbons (Fsp3) is 0.875. The fourth-order valence-corrected chi connectivity index (χ4v) is 2.17. The van der Waals surface area contributed by atoms with Gasteiger partial charge in [-0.15, -0.1) is 0 Å². The minimum Gasteiger partial charge on any atom is -0.376 e. The van der Waals surface area contributed by atoms with Gasteiger partial charge in [-0.25, -0.2) is 0 Å². The Bertz CT molecular complexity index is 309. The predicted molar refractivity (Wildman–Crippen MR) is 91.1 cm³/mol. The Morgan fingerprint density at radius 3 is 1.95 bits per heavy atom. The fourth-order valence-electron chi connectivity index (χ4n) is 2.17. The van der Waals surface area contributed by atoms with Gasteiger partial charge in [-0.2, -0.15) is 0 Å². The van der Waals surface area contributed by atoms with Crippen LogP contribution < -0.4 is 0 Å². The first-order valence-electron chi connectivity index (χ1n) is 7.77. The number of hydrogen-bond donors (Lipinski definition) is 1. The molecule has 0 heterocycles. The summed E-state index contributed by atoms with van der Waals surface area (Å²) in [4.78, 5) is 10.7. The van der Waals surface area contributed by atoms with Crippen LogP contribution in [0.25, 0.3) is 0 Å². The van der Waals surface area contributed by atoms with E-state index in [4.69, 9.17) is 0 Å². The Morgan fingerprint density at radius 1 is 1.20 bits per heavy atom. The molecule has 0 bridgehead atoms. The van der Waals surface area contributed by atoms with Gasteiger partial charge in [0.1, 0.15) is 5.84 Å². The van der Waals surface area contributed by atoms with Crippen LogP contribution in [-0.4, -0.2) is 54.3 Å². The second-order valence-corrected chi connectivity index (χ2v) is 5.08. The van der Waals surface area contributed by atoms with Crippen LogP contribution >= 0.6 is 0 Å². The van der Waals surface area contributed by atoms with E-state index in [1.165, 1.54) is 0 Å². The average Bonchev–Trinajstić information content (AvgIpc) is 2.40. The van der Waals surface area contributed by atoms with Crippen molar-refractivity contribution in [3.05, 3.63) is 0 Å². The van der Waals surface area contributed by atoms with Crippen LogP contribution in [0.1, 0.15) is 60.8 Å². The van der Waals surface area contributed by atoms with E-state index in [1.54, 1.807) is 7.05 Å². The molecule has 0 aliphatic heterocycles. The largest absolute Gasteiger partial charge is 0.376 e. The maximum atomic E-state index is 11.0. The molecule has 0 rings (SSSR count). The number of nitrogens with zero attached hydrogens (tertiary/aromatic N) is 3. The van der Waals surface area contributed by atoms with Crippen LogP contribution in [0, 0.1) is 0 Å². The summed E-state index contributed by atoms with van der Waals surface area (Å²) in [7, 11) is 5.53. The van der Waals surface area contributed by atoms with E-state index in [-0.39, 0.29) is 6.04 Å². The maximum absolute atomic E-state index is 11.0. The quantitative estimate of drug-likeness (QED) is 0.600. The monoisotopic (exact) mass is 285 g/mol. The van der Waals surface area contributed by atoms with Crippen LogP contribution in [0.15, 0.2) is 9.98 Å². The van der Waals surface area contributed by atoms with Crippen LogP contribution in [0.5, 0.6) is 0 Å². The molecule has 0 aliphatic carbocycles. The van der Waals surface area contributed by atoms with Gasteiger partial charge in [-0.05, 0) is 26.7 Å². The number of likely N-dealkylation sites (N-methyl/N-ethyl adjacent to an activating group) is 1. The summed E-state index contributed by atoms with van der Waals surface area (Å²) in [6, 6.07) is 0.185. The molecular weight excluding hydrogens is 250 g/mol. The highest BCUT2D eigenvalue weighted by atomic mass is 16.3. The number of amidine groups is 1. The summed E-state index contributed by atoms with van der Waals surface area (Å²) in [6.45, 7) is 12.1. The van der Waals surface area contributed by atoms with Gasteiger partial charge < -0.3 is 10.0 Å². The lowest BCUT2D eigenvalue weighted by Gasteiger charge is -2.34. The van der Waals surface area contributed by atoms with Gasteiger partial charge in [0.15, 0.2) is 5.60 Å². The first-order valence-corrected chi connectivity index (χ1v) is 7.77. The van der Waals surface area contributed by atoms with E-state index in [0.29, 0.717) is 12.3 Å². The Balaban J connectivity index is 0. The summed E-state index contributed by atoms with van der Waals surface area (Å²) < 4.78 is 0. The van der Waals surface area contributed by atoms with Crippen LogP contribution in [0.4, 0.5) is 0 Å². The highest BCUT2D eigenvalue weighted by Gasteiger charge is 2.37. The molecule has 0 aromatic rings. The maximum Gasteiger partial charge on any atom is 0.159 e. The zero-order valence-electron chi connectivity index (χ0n) is 15.0. The Kier molecular flexibility index (Phi) is 11.6. The molecule has 20 heavy (non-hydrogen) atoms. The third-order valence-electron chi connectivity index (χ3n) is 2.90. The molecular formula is C16H35N3O. The van der Waals surface area contributed by atoms with Gasteiger partial charge in [-0.3, -0.25) is 9.98 Å². The van der Waals surface area contributed by atoms with E-state index in [0.717, 1.165) is 18.6 Å². The number of hydrogen-bond acceptors (Lipinski definition) is 3. The smallest absolute Gasteiger partial charge is 0.159 e. The molecule has 0 spiro atoms. The summed E-state index contributed by atoms with van der Waals surface area (Å²) in [6.07, 6.45) is 2.36. The third-order valence-corrected chi connectivity index (χ3v) is 2.90. The standard InChI is InChI=1S/C14H29N3O.C2H6/c1-8-10-12(16-11(3)4)14(18,9-2)13(15-5)17(6)7;1-2/h11,18H,8-10H2,1-7H3;1-2H3. The van der Waals surface area contributed by atoms with Crippen molar-refractivity contribution >= 4 is 11.5 Å². The van der Waals surface area contributed by atoms with E-state index in [9.17, 15) is 5.11 Å². The number of aliphatic hydroxyl groups is 1. The summed E-state index contributed by atoms with van der Waals surface area (Å²) >= 11 is 0. The molecule has 0 saturated heterocycles. The lowest BCUT2D eigenvalue weighted by Crippen LogP contribution is -2.52. The molecule has 1 atom stereocenters. The number of aliphatic imine (C=N–C) groups is 2. The topological polar surface area (TPSA) is 48.2 Å². The van der Waals surface area contributed by atoms with Gasteiger partial charge in [-0.1, -0.05) is 34.1 Å². The van der Waals surface area contributed by atoms with Gasteiger partial charge in [0, 0.05) is 27.2 Å². The molecule has 4 nitrogen and oxygen atoms in total. The molecule has 4 heteroatoms. The van der Waals surface area contributed by atoms with Crippen LogP contribution in [-0.2, 0) is 0 Å². The molecule has 0 aromatic heterocycles. The molecule has 1 unspecified atom stereocenters. The van der Waals surface area contributed by atoms with E-state index >= 15 is 0 Å². The van der Waals surface area contributed by atoms with Crippen molar-refractivity contribution in [3.63, 3.8) is 0 Å². The lowest BCUT2D eigenvalue weighted by atomic mass is 9.89. The number of rotatable bonds is 6. The first kappa shape index (κ1) is 21.4. The first-order chi connectivity index (χ1) is 9.33. The second-order valence-electron chi connectivity index (χ2n) is 5.08. The average molecular weight is 285 g/mol. The third kappa shape index (κ3) is 6.04. The Morgan fingerprint density at radius 2 is 1.70 bits per heavy atom. The predicted octanol–water partition coefficient (Wildman–Crippen LogP) is 3.39. The summed E-state index contributed by atoms with van der Waals surface area (Å²) in [5.74, 6) is 0.679. The molecule has 120 valence electrons. The van der Waals surface area contributed by atoms with Crippen molar-refractivity contribution in [2.75, 3.05) is 21.1 Å². The molecule has 0 aromatic carbocycles. The minimum absolute atomic E-state index is 0.185. The van der Waals surface area contributed by atoms with Gasteiger partial charge in [0.25, 0.3) is 0 Å². The van der Waals surface area contributed by atoms with Crippen molar-refractivity contribution in [2.24, 2.45) is 9.98 Å². The lowest BCUT2D eigenvalue weighted by molar-refractivity contribution is 0.162. The molecule has 1 N–H and O–H groups in total. The molecule has 0 fully saturated rings. The highest BCUT2D eigenvalue weighted by molar-refractivity contribution is 6.13. The zero-order chi connectivity index (χ0) is 16.3. The molecule has 0 saturated carbocycles. The van der Waals surface area contributed by atoms with Crippen molar-refractivity contribution < 1.29 is 5.11 Å².